The first-order valence-corrected chi connectivity index (χ1v) is 8.53. The van der Waals surface area contributed by atoms with E-state index in [2.05, 4.69) is 14.9 Å². The Balaban J connectivity index is 1.61. The maximum atomic E-state index is 12.6. The number of anilines is 1. The smallest absolute Gasteiger partial charge is 0.227 e. The number of benzene rings is 1. The van der Waals surface area contributed by atoms with Crippen LogP contribution >= 0.6 is 0 Å². The number of methoxy groups -OCH3 is 1. The van der Waals surface area contributed by atoms with E-state index in [4.69, 9.17) is 4.74 Å². The Labute approximate surface area is 148 Å². The SMILES string of the molecule is COc1ccccc1CC(=O)N1CCN(c2nc(C)cc(C)n2)CC1. The molecule has 3 rings (SSSR count). The molecular weight excluding hydrogens is 316 g/mol. The van der Waals surface area contributed by atoms with Gasteiger partial charge in [0.2, 0.25) is 11.9 Å². The third-order valence-corrected chi connectivity index (χ3v) is 4.42. The van der Waals surface area contributed by atoms with Gasteiger partial charge in [-0.25, -0.2) is 9.97 Å². The lowest BCUT2D eigenvalue weighted by atomic mass is 10.1. The van der Waals surface area contributed by atoms with Crippen molar-refractivity contribution in [2.24, 2.45) is 0 Å². The molecule has 1 aromatic heterocycles. The number of hydrogen-bond donors (Lipinski definition) is 0. The van der Waals surface area contributed by atoms with Crippen LogP contribution in [0.1, 0.15) is 17.0 Å². The fourth-order valence-electron chi connectivity index (χ4n) is 3.13. The molecule has 1 fully saturated rings. The van der Waals surface area contributed by atoms with Crippen molar-refractivity contribution in [1.29, 1.82) is 0 Å². The highest BCUT2D eigenvalue weighted by molar-refractivity contribution is 5.79. The first-order valence-electron chi connectivity index (χ1n) is 8.53. The van der Waals surface area contributed by atoms with Crippen molar-refractivity contribution in [2.75, 3.05) is 38.2 Å². The number of aromatic nitrogens is 2. The molecular formula is C19H24N4O2. The number of amides is 1. The van der Waals surface area contributed by atoms with E-state index < -0.39 is 0 Å². The quantitative estimate of drug-likeness (QED) is 0.852. The zero-order chi connectivity index (χ0) is 17.8. The highest BCUT2D eigenvalue weighted by Crippen LogP contribution is 2.19. The van der Waals surface area contributed by atoms with Gasteiger partial charge >= 0.3 is 0 Å². The molecule has 0 saturated carbocycles. The fraction of sp³-hybridized carbons (Fsp3) is 0.421. The number of piperazine rings is 1. The van der Waals surface area contributed by atoms with Crippen molar-refractivity contribution in [2.45, 2.75) is 20.3 Å². The van der Waals surface area contributed by atoms with Gasteiger partial charge in [-0.05, 0) is 26.0 Å². The van der Waals surface area contributed by atoms with Crippen LogP contribution in [-0.2, 0) is 11.2 Å². The molecule has 1 aromatic carbocycles. The van der Waals surface area contributed by atoms with Crippen molar-refractivity contribution in [3.8, 4) is 5.75 Å². The third-order valence-electron chi connectivity index (χ3n) is 4.42. The molecule has 0 N–H and O–H groups in total. The monoisotopic (exact) mass is 340 g/mol. The number of para-hydroxylation sites is 1. The molecule has 25 heavy (non-hydrogen) atoms. The molecule has 6 nitrogen and oxygen atoms in total. The van der Waals surface area contributed by atoms with E-state index in [1.54, 1.807) is 7.11 Å². The second-order valence-electron chi connectivity index (χ2n) is 6.31. The summed E-state index contributed by atoms with van der Waals surface area (Å²) >= 11 is 0. The number of carbonyl (C=O) groups excluding carboxylic acids is 1. The number of rotatable bonds is 4. The molecule has 2 aromatic rings. The van der Waals surface area contributed by atoms with Crippen LogP contribution in [0, 0.1) is 13.8 Å². The van der Waals surface area contributed by atoms with Gasteiger partial charge in [0.15, 0.2) is 0 Å². The van der Waals surface area contributed by atoms with Crippen LogP contribution < -0.4 is 9.64 Å². The van der Waals surface area contributed by atoms with E-state index in [1.165, 1.54) is 0 Å². The number of nitrogens with zero attached hydrogens (tertiary/aromatic N) is 4. The lowest BCUT2D eigenvalue weighted by Gasteiger charge is -2.35. The lowest BCUT2D eigenvalue weighted by Crippen LogP contribution is -2.49. The first-order chi connectivity index (χ1) is 12.1. The van der Waals surface area contributed by atoms with Crippen LogP contribution in [0.15, 0.2) is 30.3 Å². The second kappa shape index (κ2) is 7.51. The summed E-state index contributed by atoms with van der Waals surface area (Å²) in [7, 11) is 1.63. The van der Waals surface area contributed by atoms with Gasteiger partial charge in [0.05, 0.1) is 13.5 Å². The molecule has 132 valence electrons. The largest absolute Gasteiger partial charge is 0.496 e. The second-order valence-corrected chi connectivity index (χ2v) is 6.31. The van der Waals surface area contributed by atoms with Crippen LogP contribution in [0.2, 0.25) is 0 Å². The summed E-state index contributed by atoms with van der Waals surface area (Å²) in [6, 6.07) is 9.64. The number of hydrogen-bond acceptors (Lipinski definition) is 5. The average Bonchev–Trinajstić information content (AvgIpc) is 2.61. The maximum absolute atomic E-state index is 12.6. The summed E-state index contributed by atoms with van der Waals surface area (Å²) in [4.78, 5) is 25.7. The van der Waals surface area contributed by atoms with Crippen LogP contribution in [0.4, 0.5) is 5.95 Å². The van der Waals surface area contributed by atoms with Gasteiger partial charge in [-0.1, -0.05) is 18.2 Å². The predicted octanol–water partition coefficient (Wildman–Crippen LogP) is 1.99. The summed E-state index contributed by atoms with van der Waals surface area (Å²) < 4.78 is 5.34. The highest BCUT2D eigenvalue weighted by Gasteiger charge is 2.23. The van der Waals surface area contributed by atoms with Gasteiger partial charge in [0, 0.05) is 43.1 Å². The summed E-state index contributed by atoms with van der Waals surface area (Å²) in [5.41, 5.74) is 2.87. The zero-order valence-electron chi connectivity index (χ0n) is 15.0. The van der Waals surface area contributed by atoms with Crippen LogP contribution in [0.3, 0.4) is 0 Å². The molecule has 1 amide bonds. The van der Waals surface area contributed by atoms with Gasteiger partial charge in [-0.15, -0.1) is 0 Å². The Morgan fingerprint density at radius 3 is 2.36 bits per heavy atom. The minimum absolute atomic E-state index is 0.130. The molecule has 0 atom stereocenters. The number of ether oxygens (including phenoxy) is 1. The van der Waals surface area contributed by atoms with Crippen LogP contribution in [-0.4, -0.2) is 54.1 Å². The van der Waals surface area contributed by atoms with Crippen molar-refractivity contribution in [3.05, 3.63) is 47.3 Å². The Kier molecular flexibility index (Phi) is 5.16. The fourth-order valence-corrected chi connectivity index (χ4v) is 3.13. The maximum Gasteiger partial charge on any atom is 0.227 e. The Bertz CT molecular complexity index is 735. The summed E-state index contributed by atoms with van der Waals surface area (Å²) in [5, 5.41) is 0. The molecule has 1 aliphatic heterocycles. The normalized spacial score (nSPS) is 14.5. The minimum Gasteiger partial charge on any atom is -0.496 e. The van der Waals surface area contributed by atoms with E-state index in [0.29, 0.717) is 19.5 Å². The molecule has 0 radical (unpaired) electrons. The topological polar surface area (TPSA) is 58.6 Å². The molecule has 6 heteroatoms. The summed E-state index contributed by atoms with van der Waals surface area (Å²) in [5.74, 6) is 1.65. The van der Waals surface area contributed by atoms with E-state index in [1.807, 2.05) is 49.1 Å². The van der Waals surface area contributed by atoms with Gasteiger partial charge in [0.1, 0.15) is 5.75 Å². The zero-order valence-corrected chi connectivity index (χ0v) is 15.0. The standard InChI is InChI=1S/C19H24N4O2/c1-14-12-15(2)21-19(20-14)23-10-8-22(9-11-23)18(24)13-16-6-4-5-7-17(16)25-3/h4-7,12H,8-11,13H2,1-3H3. The average molecular weight is 340 g/mol. The molecule has 1 saturated heterocycles. The Morgan fingerprint density at radius 1 is 1.08 bits per heavy atom. The van der Waals surface area contributed by atoms with Crippen LogP contribution in [0.25, 0.3) is 0 Å². The predicted molar refractivity (Wildman–Crippen MR) is 97.0 cm³/mol. The van der Waals surface area contributed by atoms with E-state index in [0.717, 1.165) is 41.7 Å². The van der Waals surface area contributed by atoms with Crippen LogP contribution in [0.5, 0.6) is 5.75 Å². The molecule has 0 aliphatic carbocycles. The Hall–Kier alpha value is -2.63. The van der Waals surface area contributed by atoms with Crippen molar-refractivity contribution < 1.29 is 9.53 Å². The van der Waals surface area contributed by atoms with Crippen molar-refractivity contribution >= 4 is 11.9 Å². The molecule has 0 spiro atoms. The molecule has 0 bridgehead atoms. The van der Waals surface area contributed by atoms with Crippen molar-refractivity contribution in [1.82, 2.24) is 14.9 Å². The molecule has 2 heterocycles. The highest BCUT2D eigenvalue weighted by atomic mass is 16.5. The van der Waals surface area contributed by atoms with Gasteiger partial charge in [-0.3, -0.25) is 4.79 Å². The summed E-state index contributed by atoms with van der Waals surface area (Å²) in [6.07, 6.45) is 0.365. The lowest BCUT2D eigenvalue weighted by molar-refractivity contribution is -0.130. The van der Waals surface area contributed by atoms with E-state index >= 15 is 0 Å². The van der Waals surface area contributed by atoms with Gasteiger partial charge < -0.3 is 14.5 Å². The molecule has 0 unspecified atom stereocenters. The molecule has 1 aliphatic rings. The Morgan fingerprint density at radius 2 is 1.72 bits per heavy atom. The van der Waals surface area contributed by atoms with E-state index in [9.17, 15) is 4.79 Å². The van der Waals surface area contributed by atoms with Gasteiger partial charge in [0.25, 0.3) is 0 Å². The van der Waals surface area contributed by atoms with Gasteiger partial charge in [-0.2, -0.15) is 0 Å². The summed E-state index contributed by atoms with van der Waals surface area (Å²) in [6.45, 7) is 6.83. The minimum atomic E-state index is 0.130. The van der Waals surface area contributed by atoms with E-state index in [-0.39, 0.29) is 5.91 Å². The van der Waals surface area contributed by atoms with Crippen molar-refractivity contribution in [3.63, 3.8) is 0 Å². The number of carbonyl (C=O) groups is 1. The third kappa shape index (κ3) is 4.07. The first kappa shape index (κ1) is 17.2. The number of aryl methyl sites for hydroxylation is 2.